The third kappa shape index (κ3) is 56.7. The number of carbonyl (C=O) groups is 3. The van der Waals surface area contributed by atoms with Gasteiger partial charge >= 0.3 is 11.9 Å². The Labute approximate surface area is 458 Å². The van der Waals surface area contributed by atoms with Gasteiger partial charge < -0.3 is 33.3 Å². The van der Waals surface area contributed by atoms with Gasteiger partial charge in [-0.1, -0.05) is 211 Å². The van der Waals surface area contributed by atoms with Crippen molar-refractivity contribution in [3.63, 3.8) is 0 Å². The van der Waals surface area contributed by atoms with Gasteiger partial charge in [0.2, 0.25) is 0 Å². The van der Waals surface area contributed by atoms with Crippen LogP contribution in [0.15, 0.2) is 146 Å². The number of quaternary nitrogens is 1. The van der Waals surface area contributed by atoms with Crippen LogP contribution >= 0.6 is 0 Å². The van der Waals surface area contributed by atoms with Gasteiger partial charge in [0, 0.05) is 12.8 Å². The van der Waals surface area contributed by atoms with Crippen molar-refractivity contribution in [1.29, 1.82) is 0 Å². The molecular formula is C66H105NO8. The Balaban J connectivity index is 4.27. The van der Waals surface area contributed by atoms with E-state index in [2.05, 4.69) is 160 Å². The molecule has 2 unspecified atom stereocenters. The van der Waals surface area contributed by atoms with E-state index in [1.807, 2.05) is 21.1 Å². The maximum atomic E-state index is 12.9. The molecular weight excluding hydrogens is 935 g/mol. The predicted molar refractivity (Wildman–Crippen MR) is 315 cm³/mol. The van der Waals surface area contributed by atoms with Gasteiger partial charge in [-0.05, 0) is 116 Å². The van der Waals surface area contributed by atoms with Crippen LogP contribution in [0, 0.1) is 0 Å². The standard InChI is InChI=1S/C66H105NO8/c1-6-8-10-12-14-16-18-20-22-23-24-25-26-27-28-29-30-31-32-33-34-35-36-37-38-39-40-41-43-45-47-49-51-53-55-57-64(69)75-62(61-74-66(65(70)71)72-59-58-67(3,4)5)60-73-63(68)56-54-52-50-48-46-44-42-21-19-17-15-13-11-9-7-2/h8-11,14-17,20-22,24-25,27-28,30-31,33-34,36-37,39-40,42,62,66H,6-7,12-13,18-19,23,26,29,32,35,38,41,43-61H2,1-5H3/b10-8-,11-9-,16-14-,17-15-,22-20-,25-24-,28-27-,31-30-,34-33-,37-36-,40-39-,42-21-. The summed E-state index contributed by atoms with van der Waals surface area (Å²) in [5, 5.41) is 11.8. The quantitative estimate of drug-likeness (QED) is 0.0195. The summed E-state index contributed by atoms with van der Waals surface area (Å²) in [6.07, 6.45) is 77.5. The number of hydrogen-bond donors (Lipinski definition) is 0. The zero-order valence-corrected chi connectivity index (χ0v) is 47.9. The highest BCUT2D eigenvalue weighted by molar-refractivity contribution is 5.70. The van der Waals surface area contributed by atoms with Crippen molar-refractivity contribution >= 4 is 17.9 Å². The van der Waals surface area contributed by atoms with Crippen LogP contribution in [0.5, 0.6) is 0 Å². The largest absolute Gasteiger partial charge is 0.545 e. The molecule has 0 saturated heterocycles. The number of carboxylic acids is 1. The fraction of sp³-hybridized carbons (Fsp3) is 0.591. The summed E-state index contributed by atoms with van der Waals surface area (Å²) >= 11 is 0. The Morgan fingerprint density at radius 1 is 0.400 bits per heavy atom. The smallest absolute Gasteiger partial charge is 0.306 e. The van der Waals surface area contributed by atoms with E-state index in [1.165, 1.54) is 12.8 Å². The molecule has 0 aromatic carbocycles. The first-order valence-electron chi connectivity index (χ1n) is 29.0. The van der Waals surface area contributed by atoms with Crippen molar-refractivity contribution in [2.45, 2.75) is 206 Å². The van der Waals surface area contributed by atoms with E-state index in [9.17, 15) is 19.5 Å². The molecule has 75 heavy (non-hydrogen) atoms. The average molecular weight is 1040 g/mol. The first-order valence-corrected chi connectivity index (χ1v) is 29.0. The van der Waals surface area contributed by atoms with Crippen molar-refractivity contribution in [2.24, 2.45) is 0 Å². The number of carboxylic acid groups (broad SMARTS) is 1. The molecule has 0 heterocycles. The van der Waals surface area contributed by atoms with Crippen LogP contribution in [0.25, 0.3) is 0 Å². The second kappa shape index (κ2) is 55.4. The number of esters is 2. The Hall–Kier alpha value is -4.83. The third-order valence-electron chi connectivity index (χ3n) is 11.6. The average Bonchev–Trinajstić information content (AvgIpc) is 3.38. The van der Waals surface area contributed by atoms with E-state index in [-0.39, 0.29) is 38.6 Å². The molecule has 0 rings (SSSR count). The minimum absolute atomic E-state index is 0.134. The van der Waals surface area contributed by atoms with E-state index >= 15 is 0 Å². The maximum Gasteiger partial charge on any atom is 0.306 e. The minimum atomic E-state index is -1.64. The number of hydrogen-bond acceptors (Lipinski definition) is 8. The lowest BCUT2D eigenvalue weighted by Crippen LogP contribution is -2.44. The molecule has 9 heteroatoms. The Morgan fingerprint density at radius 3 is 1.07 bits per heavy atom. The molecule has 0 bridgehead atoms. The molecule has 0 radical (unpaired) electrons. The summed E-state index contributed by atoms with van der Waals surface area (Å²) < 4.78 is 22.6. The van der Waals surface area contributed by atoms with Crippen LogP contribution in [0.4, 0.5) is 0 Å². The van der Waals surface area contributed by atoms with Gasteiger partial charge in [-0.2, -0.15) is 0 Å². The third-order valence-corrected chi connectivity index (χ3v) is 11.6. The van der Waals surface area contributed by atoms with E-state index in [4.69, 9.17) is 18.9 Å². The van der Waals surface area contributed by atoms with Crippen molar-refractivity contribution in [3.8, 4) is 0 Å². The number of unbranched alkanes of at least 4 members (excludes halogenated alkanes) is 12. The van der Waals surface area contributed by atoms with Gasteiger partial charge in [-0.15, -0.1) is 0 Å². The van der Waals surface area contributed by atoms with Crippen LogP contribution in [0.2, 0.25) is 0 Å². The summed E-state index contributed by atoms with van der Waals surface area (Å²) in [7, 11) is 5.89. The molecule has 9 nitrogen and oxygen atoms in total. The normalized spacial score (nSPS) is 13.9. The Morgan fingerprint density at radius 2 is 0.720 bits per heavy atom. The molecule has 0 fully saturated rings. The highest BCUT2D eigenvalue weighted by atomic mass is 16.7. The second-order valence-corrected chi connectivity index (χ2v) is 19.8. The van der Waals surface area contributed by atoms with Gasteiger partial charge in [0.05, 0.1) is 40.3 Å². The van der Waals surface area contributed by atoms with Crippen LogP contribution in [0.3, 0.4) is 0 Å². The SMILES string of the molecule is CC/C=C\C/C=C\C/C=C\C/C=C\C/C=C\C/C=C\C/C=C\C/C=C\C/C=C\CCCCCCCCCC(=O)OC(COC(=O)CCCCCCC/C=C\C/C=C\C/C=C\CC)COC(OCC[N+](C)(C)C)C(=O)[O-]. The lowest BCUT2D eigenvalue weighted by Gasteiger charge is -2.26. The summed E-state index contributed by atoms with van der Waals surface area (Å²) in [4.78, 5) is 37.2. The lowest BCUT2D eigenvalue weighted by atomic mass is 10.1. The molecule has 0 spiro atoms. The highest BCUT2D eigenvalue weighted by Crippen LogP contribution is 2.13. The molecule has 0 aromatic rings. The topological polar surface area (TPSA) is 111 Å². The number of rotatable bonds is 51. The summed E-state index contributed by atoms with van der Waals surface area (Å²) in [5.41, 5.74) is 0. The molecule has 0 N–H and O–H groups in total. The first-order chi connectivity index (χ1) is 36.6. The summed E-state index contributed by atoms with van der Waals surface area (Å²) in [6.45, 7) is 4.45. The fourth-order valence-corrected chi connectivity index (χ4v) is 7.19. The van der Waals surface area contributed by atoms with Crippen molar-refractivity contribution in [2.75, 3.05) is 47.5 Å². The second-order valence-electron chi connectivity index (χ2n) is 19.8. The number of aliphatic carboxylic acids is 1. The van der Waals surface area contributed by atoms with E-state index < -0.39 is 24.3 Å². The van der Waals surface area contributed by atoms with Crippen LogP contribution in [-0.2, 0) is 33.3 Å². The van der Waals surface area contributed by atoms with Crippen molar-refractivity contribution in [3.05, 3.63) is 146 Å². The number of carbonyl (C=O) groups excluding carboxylic acids is 3. The van der Waals surface area contributed by atoms with Gasteiger partial charge in [0.15, 0.2) is 12.4 Å². The highest BCUT2D eigenvalue weighted by Gasteiger charge is 2.22. The van der Waals surface area contributed by atoms with Crippen LogP contribution < -0.4 is 5.11 Å². The van der Waals surface area contributed by atoms with E-state index in [0.717, 1.165) is 141 Å². The minimum Gasteiger partial charge on any atom is -0.545 e. The molecule has 0 aliphatic heterocycles. The van der Waals surface area contributed by atoms with E-state index in [0.29, 0.717) is 23.9 Å². The van der Waals surface area contributed by atoms with Crippen molar-refractivity contribution < 1.29 is 42.9 Å². The number of nitrogens with zero attached hydrogens (tertiary/aromatic N) is 1. The maximum absolute atomic E-state index is 12.9. The molecule has 422 valence electrons. The van der Waals surface area contributed by atoms with E-state index in [1.54, 1.807) is 0 Å². The molecule has 2 atom stereocenters. The molecule has 0 aliphatic carbocycles. The number of allylic oxidation sites excluding steroid dienone is 24. The zero-order chi connectivity index (χ0) is 54.8. The van der Waals surface area contributed by atoms with Crippen molar-refractivity contribution in [1.82, 2.24) is 0 Å². The van der Waals surface area contributed by atoms with Crippen LogP contribution in [0.1, 0.15) is 194 Å². The van der Waals surface area contributed by atoms with Gasteiger partial charge in [0.25, 0.3) is 0 Å². The molecule has 0 amide bonds. The van der Waals surface area contributed by atoms with Gasteiger partial charge in [-0.3, -0.25) is 9.59 Å². The number of likely N-dealkylation sites (N-methyl/N-ethyl adjacent to an activating group) is 1. The zero-order valence-electron chi connectivity index (χ0n) is 47.9. The van der Waals surface area contributed by atoms with Gasteiger partial charge in [0.1, 0.15) is 13.2 Å². The molecule has 0 aliphatic rings. The fourth-order valence-electron chi connectivity index (χ4n) is 7.19. The lowest BCUT2D eigenvalue weighted by molar-refractivity contribution is -0.870. The molecule has 0 saturated carbocycles. The Bertz CT molecular complexity index is 1730. The summed E-state index contributed by atoms with van der Waals surface area (Å²) in [6, 6.07) is 0. The molecule has 0 aromatic heterocycles. The predicted octanol–water partition coefficient (Wildman–Crippen LogP) is 15.9. The summed E-state index contributed by atoms with van der Waals surface area (Å²) in [5.74, 6) is -2.34. The van der Waals surface area contributed by atoms with Crippen LogP contribution in [-0.4, -0.2) is 82.3 Å². The monoisotopic (exact) mass is 1040 g/mol. The first kappa shape index (κ1) is 70.2. The van der Waals surface area contributed by atoms with Gasteiger partial charge in [-0.25, -0.2) is 0 Å². The Kier molecular flexibility index (Phi) is 51.8. The number of ether oxygens (including phenoxy) is 4.